The van der Waals surface area contributed by atoms with E-state index >= 15 is 0 Å². The minimum absolute atomic E-state index is 0.00903. The molecule has 0 bridgehead atoms. The van der Waals surface area contributed by atoms with Gasteiger partial charge in [0.25, 0.3) is 0 Å². The smallest absolute Gasteiger partial charge is 0.344 e. The molecule has 0 aromatic heterocycles. The van der Waals surface area contributed by atoms with Crippen LogP contribution >= 0.6 is 0 Å². The Morgan fingerprint density at radius 1 is 1.10 bits per heavy atom. The number of aliphatic hydroxyl groups excluding tert-OH is 1. The van der Waals surface area contributed by atoms with Crippen LogP contribution in [0, 0.1) is 17.8 Å². The fourth-order valence-corrected chi connectivity index (χ4v) is 5.64. The molecule has 48 heavy (non-hydrogen) atoms. The van der Waals surface area contributed by atoms with Crippen LogP contribution in [0.5, 0.6) is 0 Å². The molecule has 0 aromatic carbocycles. The first-order valence-corrected chi connectivity index (χ1v) is 17.0. The van der Waals surface area contributed by atoms with Crippen LogP contribution in [-0.2, 0) is 47.6 Å². The topological polar surface area (TPSA) is 167 Å². The van der Waals surface area contributed by atoms with Gasteiger partial charge in [0.05, 0.1) is 24.7 Å². The zero-order valence-electron chi connectivity index (χ0n) is 29.7. The molecule has 12 heteroatoms. The number of carbonyl (C=O) groups is 4. The number of carbonyl (C=O) groups excluding carboxylic acids is 4. The van der Waals surface area contributed by atoms with Crippen molar-refractivity contribution in [3.8, 4) is 0 Å². The molecule has 0 amide bonds. The second-order valence-electron chi connectivity index (χ2n) is 13.2. The molecule has 0 saturated carbocycles. The quantitative estimate of drug-likeness (QED) is 0.0835. The number of rotatable bonds is 15. The van der Waals surface area contributed by atoms with Gasteiger partial charge < -0.3 is 38.6 Å². The van der Waals surface area contributed by atoms with E-state index < -0.39 is 54.4 Å². The second-order valence-corrected chi connectivity index (χ2v) is 13.2. The predicted octanol–water partition coefficient (Wildman–Crippen LogP) is 4.15. The Morgan fingerprint density at radius 3 is 2.46 bits per heavy atom. The lowest BCUT2D eigenvalue weighted by Crippen LogP contribution is -2.42. The number of epoxide rings is 1. The summed E-state index contributed by atoms with van der Waals surface area (Å²) in [6, 6.07) is 0. The van der Waals surface area contributed by atoms with E-state index in [9.17, 15) is 29.4 Å². The van der Waals surface area contributed by atoms with Gasteiger partial charge in [0.2, 0.25) is 0 Å². The van der Waals surface area contributed by atoms with Crippen molar-refractivity contribution in [3.63, 3.8) is 0 Å². The number of ether oxygens (including phenoxy) is 6. The van der Waals surface area contributed by atoms with E-state index in [1.807, 2.05) is 45.9 Å². The second kappa shape index (κ2) is 19.8. The minimum atomic E-state index is -1.56. The molecule has 0 spiro atoms. The summed E-state index contributed by atoms with van der Waals surface area (Å²) in [6.07, 6.45) is 7.41. The van der Waals surface area contributed by atoms with Crippen LogP contribution in [0.25, 0.3) is 0 Å². The lowest BCUT2D eigenvalue weighted by Gasteiger charge is -2.33. The molecule has 0 radical (unpaired) electrons. The lowest BCUT2D eigenvalue weighted by atomic mass is 9.88. The Labute approximate surface area is 284 Å². The fraction of sp³-hybridized carbons (Fsp3) is 0.722. The van der Waals surface area contributed by atoms with Crippen LogP contribution in [0.1, 0.15) is 87.5 Å². The molecule has 10 unspecified atom stereocenters. The highest BCUT2D eigenvalue weighted by molar-refractivity contribution is 5.77. The van der Waals surface area contributed by atoms with E-state index in [2.05, 4.69) is 6.92 Å². The van der Waals surface area contributed by atoms with E-state index in [-0.39, 0.29) is 61.9 Å². The molecule has 1 saturated heterocycles. The van der Waals surface area contributed by atoms with Gasteiger partial charge in [-0.3, -0.25) is 9.59 Å². The Morgan fingerprint density at radius 2 is 1.81 bits per heavy atom. The van der Waals surface area contributed by atoms with Crippen molar-refractivity contribution in [1.29, 1.82) is 0 Å². The SMILES string of the molecule is CCOCC(=O)OCC(=O)OC1CCC(C)(O)C(OC(C)=O)C=CC(C)C(C(C)=CC=CC(C)CC2OC2C(C)C(O)CC)OC(=O)C1. The normalized spacial score (nSPS) is 30.3. The highest BCUT2D eigenvalue weighted by Crippen LogP contribution is 2.36. The van der Waals surface area contributed by atoms with Crippen molar-refractivity contribution >= 4 is 23.9 Å². The molecule has 2 rings (SSSR count). The van der Waals surface area contributed by atoms with Crippen LogP contribution < -0.4 is 0 Å². The molecular formula is C36H56O12. The number of cyclic esters (lactones) is 1. The van der Waals surface area contributed by atoms with Crippen molar-refractivity contribution < 1.29 is 57.8 Å². The van der Waals surface area contributed by atoms with Crippen LogP contribution in [0.2, 0.25) is 0 Å². The summed E-state index contributed by atoms with van der Waals surface area (Å²) in [5.41, 5.74) is -0.818. The Bertz CT molecular complexity index is 1160. The summed E-state index contributed by atoms with van der Waals surface area (Å²) in [5.74, 6) is -2.92. The molecule has 10 atom stereocenters. The van der Waals surface area contributed by atoms with Crippen LogP contribution in [-0.4, -0.2) is 96.1 Å². The van der Waals surface area contributed by atoms with Gasteiger partial charge >= 0.3 is 23.9 Å². The molecule has 0 aliphatic carbocycles. The summed E-state index contributed by atoms with van der Waals surface area (Å²) >= 11 is 0. The standard InChI is InChI=1S/C36H56O12/c1-9-28(38)25(6)35-29(47-35)18-22(3)12-11-13-23(4)34-24(5)14-15-30(45-26(7)37)36(8,42)17-16-27(19-31(39)48-34)46-33(41)21-44-32(40)20-43-10-2/h11-15,22,24-25,27-30,34-35,38,42H,9-10,16-21H2,1-8H3. The van der Waals surface area contributed by atoms with Crippen molar-refractivity contribution in [3.05, 3.63) is 36.0 Å². The van der Waals surface area contributed by atoms with E-state index in [1.165, 1.54) is 13.8 Å². The third-order valence-corrected chi connectivity index (χ3v) is 8.69. The third kappa shape index (κ3) is 14.2. The fourth-order valence-electron chi connectivity index (χ4n) is 5.64. The van der Waals surface area contributed by atoms with E-state index in [4.69, 9.17) is 28.4 Å². The molecule has 2 N–H and O–H groups in total. The van der Waals surface area contributed by atoms with Crippen LogP contribution in [0.3, 0.4) is 0 Å². The third-order valence-electron chi connectivity index (χ3n) is 8.69. The molecule has 272 valence electrons. The van der Waals surface area contributed by atoms with Gasteiger partial charge in [0.15, 0.2) is 6.61 Å². The van der Waals surface area contributed by atoms with Crippen molar-refractivity contribution in [1.82, 2.24) is 0 Å². The van der Waals surface area contributed by atoms with Crippen LogP contribution in [0.4, 0.5) is 0 Å². The summed E-state index contributed by atoms with van der Waals surface area (Å²) < 4.78 is 32.5. The van der Waals surface area contributed by atoms with Gasteiger partial charge in [0.1, 0.15) is 30.5 Å². The minimum Gasteiger partial charge on any atom is -0.459 e. The first kappa shape index (κ1) is 41.1. The van der Waals surface area contributed by atoms with Gasteiger partial charge in [-0.2, -0.15) is 0 Å². The molecule has 12 nitrogen and oxygen atoms in total. The zero-order chi connectivity index (χ0) is 36.0. The number of hydrogen-bond donors (Lipinski definition) is 2. The van der Waals surface area contributed by atoms with Gasteiger partial charge in [-0.1, -0.05) is 52.0 Å². The lowest BCUT2D eigenvalue weighted by molar-refractivity contribution is -0.168. The number of aliphatic hydroxyl groups is 2. The van der Waals surface area contributed by atoms with Gasteiger partial charge in [0, 0.05) is 25.4 Å². The average Bonchev–Trinajstić information content (AvgIpc) is 3.79. The Kier molecular flexibility index (Phi) is 17.0. The number of esters is 4. The first-order chi connectivity index (χ1) is 22.6. The maximum atomic E-state index is 13.2. The maximum absolute atomic E-state index is 13.2. The molecule has 2 heterocycles. The molecule has 2 aliphatic heterocycles. The van der Waals surface area contributed by atoms with E-state index in [0.717, 1.165) is 12.0 Å². The Balaban J connectivity index is 2.21. The van der Waals surface area contributed by atoms with Gasteiger partial charge in [-0.25, -0.2) is 9.59 Å². The summed E-state index contributed by atoms with van der Waals surface area (Å²) in [7, 11) is 0. The monoisotopic (exact) mass is 680 g/mol. The average molecular weight is 681 g/mol. The number of hydrogen-bond acceptors (Lipinski definition) is 12. The summed E-state index contributed by atoms with van der Waals surface area (Å²) in [4.78, 5) is 49.4. The number of allylic oxidation sites excluding steroid dienone is 3. The Hall–Kier alpha value is -3.06. The van der Waals surface area contributed by atoms with E-state index in [1.54, 1.807) is 19.1 Å². The van der Waals surface area contributed by atoms with Gasteiger partial charge in [-0.05, 0) is 64.0 Å². The summed E-state index contributed by atoms with van der Waals surface area (Å²) in [5, 5.41) is 21.4. The first-order valence-electron chi connectivity index (χ1n) is 17.0. The van der Waals surface area contributed by atoms with Crippen molar-refractivity contribution in [2.45, 2.75) is 130 Å². The molecule has 1 fully saturated rings. The zero-order valence-corrected chi connectivity index (χ0v) is 29.7. The van der Waals surface area contributed by atoms with Gasteiger partial charge in [-0.15, -0.1) is 0 Å². The van der Waals surface area contributed by atoms with Crippen molar-refractivity contribution in [2.24, 2.45) is 17.8 Å². The van der Waals surface area contributed by atoms with Crippen LogP contribution in [0.15, 0.2) is 36.0 Å². The largest absolute Gasteiger partial charge is 0.459 e. The van der Waals surface area contributed by atoms with Crippen molar-refractivity contribution in [2.75, 3.05) is 19.8 Å². The molecule has 2 aliphatic rings. The summed E-state index contributed by atoms with van der Waals surface area (Å²) in [6.45, 7) is 13.5. The highest BCUT2D eigenvalue weighted by atomic mass is 16.6. The molecule has 0 aromatic rings. The molecular weight excluding hydrogens is 624 g/mol. The predicted molar refractivity (Wildman–Crippen MR) is 176 cm³/mol. The highest BCUT2D eigenvalue weighted by Gasteiger charge is 2.45. The maximum Gasteiger partial charge on any atom is 0.344 e. The van der Waals surface area contributed by atoms with E-state index in [0.29, 0.717) is 13.0 Å².